The summed E-state index contributed by atoms with van der Waals surface area (Å²) in [5, 5.41) is 13.2. The standard InChI is InChI=1S/C20H17N3O7/c1-12-6-7-13-14(10-12)20(27)22(19(13)26)9-8-18(25)30-11-17(24)21-15-4-2-3-5-16(15)23(28)29/h2-7,10H,8-9,11H2,1H3,(H,21,24). The normalized spacial score (nSPS) is 12.5. The molecular formula is C20H17N3O7. The quantitative estimate of drug-likeness (QED) is 0.319. The van der Waals surface area contributed by atoms with Crippen molar-refractivity contribution in [1.29, 1.82) is 0 Å². The van der Waals surface area contributed by atoms with Gasteiger partial charge in [0.05, 0.1) is 22.5 Å². The molecule has 1 aliphatic heterocycles. The van der Waals surface area contributed by atoms with Crippen LogP contribution >= 0.6 is 0 Å². The Labute approximate surface area is 170 Å². The number of nitrogens with zero attached hydrogens (tertiary/aromatic N) is 2. The Balaban J connectivity index is 1.50. The van der Waals surface area contributed by atoms with E-state index in [4.69, 9.17) is 4.74 Å². The van der Waals surface area contributed by atoms with Gasteiger partial charge >= 0.3 is 5.97 Å². The number of anilines is 1. The average Bonchev–Trinajstić information content (AvgIpc) is 2.94. The molecule has 0 saturated carbocycles. The summed E-state index contributed by atoms with van der Waals surface area (Å²) in [5.41, 5.74) is 1.09. The highest BCUT2D eigenvalue weighted by Gasteiger charge is 2.35. The largest absolute Gasteiger partial charge is 0.456 e. The molecule has 0 atom stereocenters. The second-order valence-corrected chi connectivity index (χ2v) is 6.54. The van der Waals surface area contributed by atoms with Crippen molar-refractivity contribution in [3.63, 3.8) is 0 Å². The summed E-state index contributed by atoms with van der Waals surface area (Å²) in [5.74, 6) is -2.52. The topological polar surface area (TPSA) is 136 Å². The highest BCUT2D eigenvalue weighted by Crippen LogP contribution is 2.24. The molecule has 0 aromatic heterocycles. The van der Waals surface area contributed by atoms with E-state index < -0.39 is 35.2 Å². The molecule has 2 aromatic carbocycles. The number of carbonyl (C=O) groups is 4. The maximum absolute atomic E-state index is 12.4. The van der Waals surface area contributed by atoms with Crippen LogP contribution in [0.2, 0.25) is 0 Å². The molecule has 0 spiro atoms. The molecule has 154 valence electrons. The summed E-state index contributed by atoms with van der Waals surface area (Å²) in [6.07, 6.45) is -0.288. The Morgan fingerprint density at radius 1 is 1.10 bits per heavy atom. The molecule has 0 aliphatic carbocycles. The molecule has 3 amide bonds. The number of rotatable bonds is 7. The minimum atomic E-state index is -0.791. The third kappa shape index (κ3) is 4.32. The molecule has 1 aliphatic rings. The number of carbonyl (C=O) groups excluding carboxylic acids is 4. The zero-order valence-corrected chi connectivity index (χ0v) is 15.9. The molecule has 1 N–H and O–H groups in total. The minimum Gasteiger partial charge on any atom is -0.456 e. The van der Waals surface area contributed by atoms with Crippen LogP contribution in [0.15, 0.2) is 42.5 Å². The molecule has 0 fully saturated rings. The lowest BCUT2D eigenvalue weighted by Crippen LogP contribution is -2.32. The molecule has 10 heteroatoms. The number of esters is 1. The van der Waals surface area contributed by atoms with Crippen LogP contribution in [-0.4, -0.2) is 46.7 Å². The molecule has 3 rings (SSSR count). The number of hydrogen-bond donors (Lipinski definition) is 1. The Morgan fingerprint density at radius 2 is 1.80 bits per heavy atom. The first-order valence-corrected chi connectivity index (χ1v) is 8.93. The summed E-state index contributed by atoms with van der Waals surface area (Å²) in [6, 6.07) is 10.4. The van der Waals surface area contributed by atoms with Crippen molar-refractivity contribution >= 4 is 35.1 Å². The van der Waals surface area contributed by atoms with Gasteiger partial charge in [-0.1, -0.05) is 23.8 Å². The van der Waals surface area contributed by atoms with E-state index in [9.17, 15) is 29.3 Å². The molecule has 2 aromatic rings. The number of nitrogens with one attached hydrogen (secondary N) is 1. The van der Waals surface area contributed by atoms with E-state index in [0.29, 0.717) is 0 Å². The number of ether oxygens (including phenoxy) is 1. The molecule has 10 nitrogen and oxygen atoms in total. The average molecular weight is 411 g/mol. The fraction of sp³-hybridized carbons (Fsp3) is 0.200. The van der Waals surface area contributed by atoms with Crippen LogP contribution in [0.3, 0.4) is 0 Å². The zero-order valence-electron chi connectivity index (χ0n) is 15.9. The van der Waals surface area contributed by atoms with Crippen molar-refractivity contribution in [3.05, 3.63) is 69.3 Å². The summed E-state index contributed by atoms with van der Waals surface area (Å²) < 4.78 is 4.83. The van der Waals surface area contributed by atoms with Gasteiger partial charge < -0.3 is 10.1 Å². The number of nitro groups is 1. The molecule has 0 saturated heterocycles. The lowest BCUT2D eigenvalue weighted by Gasteiger charge is -2.13. The Bertz CT molecular complexity index is 1060. The predicted octanol–water partition coefficient (Wildman–Crippen LogP) is 2.07. The number of imide groups is 1. The van der Waals surface area contributed by atoms with Crippen LogP contribution in [-0.2, 0) is 14.3 Å². The Kier molecular flexibility index (Phi) is 5.86. The fourth-order valence-electron chi connectivity index (χ4n) is 2.95. The van der Waals surface area contributed by atoms with E-state index in [1.165, 1.54) is 24.3 Å². The van der Waals surface area contributed by atoms with Gasteiger partial charge in [0.25, 0.3) is 23.4 Å². The van der Waals surface area contributed by atoms with Gasteiger partial charge in [-0.25, -0.2) is 0 Å². The number of benzene rings is 2. The number of hydrogen-bond acceptors (Lipinski definition) is 7. The van der Waals surface area contributed by atoms with E-state index in [0.717, 1.165) is 10.5 Å². The van der Waals surface area contributed by atoms with Crippen molar-refractivity contribution in [2.24, 2.45) is 0 Å². The maximum atomic E-state index is 12.4. The first kappa shape index (κ1) is 20.6. The fourth-order valence-corrected chi connectivity index (χ4v) is 2.95. The van der Waals surface area contributed by atoms with Gasteiger partial charge in [-0.15, -0.1) is 0 Å². The summed E-state index contributed by atoms with van der Waals surface area (Å²) >= 11 is 0. The minimum absolute atomic E-state index is 0.0233. The van der Waals surface area contributed by atoms with Gasteiger partial charge in [0.1, 0.15) is 5.69 Å². The number of para-hydroxylation sites is 2. The van der Waals surface area contributed by atoms with Crippen LogP contribution in [0.25, 0.3) is 0 Å². The number of fused-ring (bicyclic) bond motifs is 1. The highest BCUT2D eigenvalue weighted by atomic mass is 16.6. The van der Waals surface area contributed by atoms with Crippen LogP contribution in [0.1, 0.15) is 32.7 Å². The summed E-state index contributed by atoms with van der Waals surface area (Å²) in [7, 11) is 0. The van der Waals surface area contributed by atoms with Gasteiger partial charge in [0.15, 0.2) is 6.61 Å². The molecule has 0 radical (unpaired) electrons. The van der Waals surface area contributed by atoms with Crippen LogP contribution in [0, 0.1) is 17.0 Å². The van der Waals surface area contributed by atoms with Crippen molar-refractivity contribution in [2.75, 3.05) is 18.5 Å². The van der Waals surface area contributed by atoms with E-state index >= 15 is 0 Å². The van der Waals surface area contributed by atoms with Crippen molar-refractivity contribution in [2.45, 2.75) is 13.3 Å². The van der Waals surface area contributed by atoms with Crippen LogP contribution < -0.4 is 5.32 Å². The van der Waals surface area contributed by atoms with E-state index in [1.54, 1.807) is 25.1 Å². The lowest BCUT2D eigenvalue weighted by molar-refractivity contribution is -0.383. The number of nitro benzene ring substituents is 1. The van der Waals surface area contributed by atoms with Gasteiger partial charge in [-0.05, 0) is 25.1 Å². The lowest BCUT2D eigenvalue weighted by atomic mass is 10.1. The van der Waals surface area contributed by atoms with Crippen molar-refractivity contribution in [1.82, 2.24) is 4.90 Å². The molecule has 30 heavy (non-hydrogen) atoms. The molecule has 1 heterocycles. The van der Waals surface area contributed by atoms with Gasteiger partial charge in [0.2, 0.25) is 0 Å². The van der Waals surface area contributed by atoms with Gasteiger partial charge in [-0.2, -0.15) is 0 Å². The molecule has 0 unspecified atom stereocenters. The highest BCUT2D eigenvalue weighted by molar-refractivity contribution is 6.21. The number of amides is 3. The zero-order chi connectivity index (χ0) is 21.8. The molecule has 0 bridgehead atoms. The first-order chi connectivity index (χ1) is 14.3. The van der Waals surface area contributed by atoms with Crippen LogP contribution in [0.4, 0.5) is 11.4 Å². The maximum Gasteiger partial charge on any atom is 0.308 e. The first-order valence-electron chi connectivity index (χ1n) is 8.93. The summed E-state index contributed by atoms with van der Waals surface area (Å²) in [4.78, 5) is 59.8. The third-order valence-electron chi connectivity index (χ3n) is 4.40. The second-order valence-electron chi connectivity index (χ2n) is 6.54. The second kappa shape index (κ2) is 8.52. The third-order valence-corrected chi connectivity index (χ3v) is 4.40. The van der Waals surface area contributed by atoms with Gasteiger partial charge in [-0.3, -0.25) is 34.2 Å². The van der Waals surface area contributed by atoms with E-state index in [2.05, 4.69) is 5.32 Å². The molecular weight excluding hydrogens is 394 g/mol. The van der Waals surface area contributed by atoms with E-state index in [1.807, 2.05) is 0 Å². The van der Waals surface area contributed by atoms with Crippen molar-refractivity contribution < 1.29 is 28.8 Å². The SMILES string of the molecule is Cc1ccc2c(c1)C(=O)N(CCC(=O)OCC(=O)Nc1ccccc1[N+](=O)[O-])C2=O. The monoisotopic (exact) mass is 411 g/mol. The Morgan fingerprint density at radius 3 is 2.53 bits per heavy atom. The number of aryl methyl sites for hydroxylation is 1. The van der Waals surface area contributed by atoms with Crippen molar-refractivity contribution in [3.8, 4) is 0 Å². The van der Waals surface area contributed by atoms with E-state index in [-0.39, 0.29) is 35.5 Å². The Hall–Kier alpha value is -4.08. The van der Waals surface area contributed by atoms with Gasteiger partial charge in [0, 0.05) is 12.6 Å². The predicted molar refractivity (Wildman–Crippen MR) is 104 cm³/mol. The van der Waals surface area contributed by atoms with Crippen LogP contribution in [0.5, 0.6) is 0 Å². The summed E-state index contributed by atoms with van der Waals surface area (Å²) in [6.45, 7) is 0.954. The smallest absolute Gasteiger partial charge is 0.308 e.